The van der Waals surface area contributed by atoms with Gasteiger partial charge < -0.3 is 9.64 Å². The number of amides is 1. The van der Waals surface area contributed by atoms with Crippen LogP contribution in [0.1, 0.15) is 19.8 Å². The van der Waals surface area contributed by atoms with Crippen LogP contribution in [0, 0.1) is 0 Å². The van der Waals surface area contributed by atoms with Gasteiger partial charge in [0.2, 0.25) is 5.91 Å². The third-order valence-electron chi connectivity index (χ3n) is 3.30. The van der Waals surface area contributed by atoms with Crippen LogP contribution in [0.25, 0.3) is 0 Å². The molecule has 0 aliphatic carbocycles. The van der Waals surface area contributed by atoms with Gasteiger partial charge in [-0.05, 0) is 12.8 Å². The molecule has 15 heavy (non-hydrogen) atoms. The maximum Gasteiger partial charge on any atom is 0.219 e. The number of hydrogen-bond acceptors (Lipinski definition) is 3. The highest BCUT2D eigenvalue weighted by molar-refractivity contribution is 5.73. The lowest BCUT2D eigenvalue weighted by Crippen LogP contribution is -2.49. The number of rotatable bonds is 2. The van der Waals surface area contributed by atoms with Gasteiger partial charge >= 0.3 is 0 Å². The van der Waals surface area contributed by atoms with E-state index in [0.717, 1.165) is 39.3 Å². The van der Waals surface area contributed by atoms with Crippen LogP contribution in [0.2, 0.25) is 0 Å². The van der Waals surface area contributed by atoms with Crippen molar-refractivity contribution in [3.8, 4) is 0 Å². The summed E-state index contributed by atoms with van der Waals surface area (Å²) in [6.07, 6.45) is 2.85. The van der Waals surface area contributed by atoms with E-state index in [4.69, 9.17) is 4.74 Å². The van der Waals surface area contributed by atoms with Crippen LogP contribution in [0.5, 0.6) is 0 Å². The number of carbonyl (C=O) groups excluding carboxylic acids is 1. The van der Waals surface area contributed by atoms with Crippen LogP contribution in [-0.4, -0.2) is 61.1 Å². The Labute approximate surface area is 91.2 Å². The fourth-order valence-electron chi connectivity index (χ4n) is 2.32. The maximum absolute atomic E-state index is 11.1. The third kappa shape index (κ3) is 2.92. The fraction of sp³-hybridized carbons (Fsp3) is 0.909. The minimum atomic E-state index is 0.201. The van der Waals surface area contributed by atoms with Crippen molar-refractivity contribution in [2.24, 2.45) is 0 Å². The molecule has 4 heteroatoms. The van der Waals surface area contributed by atoms with Crippen LogP contribution < -0.4 is 0 Å². The van der Waals surface area contributed by atoms with Crippen molar-refractivity contribution < 1.29 is 9.53 Å². The standard InChI is InChI=1S/C11H20N2O2/c1-10(14)13-6-4-12(5-7-13)9-11-3-2-8-15-11/h11H,2-9H2,1H3/t11-/m1/s1. The summed E-state index contributed by atoms with van der Waals surface area (Å²) in [6.45, 7) is 7.38. The summed E-state index contributed by atoms with van der Waals surface area (Å²) >= 11 is 0. The summed E-state index contributed by atoms with van der Waals surface area (Å²) < 4.78 is 5.61. The number of nitrogens with zero attached hydrogens (tertiary/aromatic N) is 2. The van der Waals surface area contributed by atoms with Crippen molar-refractivity contribution in [1.29, 1.82) is 0 Å². The molecule has 0 saturated carbocycles. The van der Waals surface area contributed by atoms with Crippen molar-refractivity contribution in [1.82, 2.24) is 9.80 Å². The molecule has 0 aromatic carbocycles. The second-order valence-corrected chi connectivity index (χ2v) is 4.44. The molecule has 2 rings (SSSR count). The van der Waals surface area contributed by atoms with Crippen LogP contribution >= 0.6 is 0 Å². The topological polar surface area (TPSA) is 32.8 Å². The highest BCUT2D eigenvalue weighted by Gasteiger charge is 2.23. The van der Waals surface area contributed by atoms with Crippen LogP contribution in [0.3, 0.4) is 0 Å². The van der Waals surface area contributed by atoms with E-state index in [1.807, 2.05) is 4.90 Å². The predicted molar refractivity (Wildman–Crippen MR) is 57.7 cm³/mol. The zero-order valence-corrected chi connectivity index (χ0v) is 9.45. The molecule has 1 amide bonds. The molecular weight excluding hydrogens is 192 g/mol. The molecule has 2 saturated heterocycles. The van der Waals surface area contributed by atoms with E-state index in [0.29, 0.717) is 6.10 Å². The van der Waals surface area contributed by atoms with Gasteiger partial charge in [0, 0.05) is 46.3 Å². The van der Waals surface area contributed by atoms with E-state index in [9.17, 15) is 4.79 Å². The summed E-state index contributed by atoms with van der Waals surface area (Å²) in [5, 5.41) is 0. The van der Waals surface area contributed by atoms with Crippen LogP contribution in [0.4, 0.5) is 0 Å². The van der Waals surface area contributed by atoms with Gasteiger partial charge in [-0.1, -0.05) is 0 Å². The quantitative estimate of drug-likeness (QED) is 0.661. The van der Waals surface area contributed by atoms with Crippen molar-refractivity contribution in [2.45, 2.75) is 25.9 Å². The van der Waals surface area contributed by atoms with E-state index in [2.05, 4.69) is 4.90 Å². The van der Waals surface area contributed by atoms with Gasteiger partial charge in [-0.15, -0.1) is 0 Å². The predicted octanol–water partition coefficient (Wildman–Crippen LogP) is 0.329. The molecule has 4 nitrogen and oxygen atoms in total. The number of hydrogen-bond donors (Lipinski definition) is 0. The molecule has 0 bridgehead atoms. The molecule has 2 heterocycles. The first kappa shape index (κ1) is 10.9. The Hall–Kier alpha value is -0.610. The Balaban J connectivity index is 1.71. The summed E-state index contributed by atoms with van der Waals surface area (Å²) in [5.74, 6) is 0.201. The molecular formula is C11H20N2O2. The third-order valence-corrected chi connectivity index (χ3v) is 3.30. The Morgan fingerprint density at radius 1 is 1.33 bits per heavy atom. The van der Waals surface area contributed by atoms with E-state index >= 15 is 0 Å². The first-order chi connectivity index (χ1) is 7.25. The normalized spacial score (nSPS) is 28.3. The molecule has 2 aliphatic rings. The molecule has 0 spiro atoms. The van der Waals surface area contributed by atoms with Crippen molar-refractivity contribution in [3.63, 3.8) is 0 Å². The minimum Gasteiger partial charge on any atom is -0.377 e. The van der Waals surface area contributed by atoms with Gasteiger partial charge in [0.05, 0.1) is 6.10 Å². The number of carbonyl (C=O) groups is 1. The van der Waals surface area contributed by atoms with Crippen molar-refractivity contribution >= 4 is 5.91 Å². The Morgan fingerprint density at radius 3 is 2.60 bits per heavy atom. The largest absolute Gasteiger partial charge is 0.377 e. The smallest absolute Gasteiger partial charge is 0.219 e. The highest BCUT2D eigenvalue weighted by atomic mass is 16.5. The lowest BCUT2D eigenvalue weighted by Gasteiger charge is -2.35. The van der Waals surface area contributed by atoms with Gasteiger partial charge in [-0.3, -0.25) is 9.69 Å². The first-order valence-electron chi connectivity index (χ1n) is 5.85. The molecule has 2 fully saturated rings. The SMILES string of the molecule is CC(=O)N1CCN(C[C@H]2CCCO2)CC1. The summed E-state index contributed by atoms with van der Waals surface area (Å²) in [5.41, 5.74) is 0. The summed E-state index contributed by atoms with van der Waals surface area (Å²) in [6, 6.07) is 0. The van der Waals surface area contributed by atoms with Crippen LogP contribution in [-0.2, 0) is 9.53 Å². The van der Waals surface area contributed by atoms with E-state index in [1.165, 1.54) is 12.8 Å². The highest BCUT2D eigenvalue weighted by Crippen LogP contribution is 2.14. The first-order valence-corrected chi connectivity index (χ1v) is 5.85. The van der Waals surface area contributed by atoms with Gasteiger partial charge in [0.15, 0.2) is 0 Å². The lowest BCUT2D eigenvalue weighted by atomic mass is 10.2. The maximum atomic E-state index is 11.1. The lowest BCUT2D eigenvalue weighted by molar-refractivity contribution is -0.130. The van der Waals surface area contributed by atoms with E-state index < -0.39 is 0 Å². The molecule has 0 aromatic heterocycles. The monoisotopic (exact) mass is 212 g/mol. The Kier molecular flexibility index (Phi) is 3.59. The summed E-state index contributed by atoms with van der Waals surface area (Å²) in [4.78, 5) is 15.5. The Morgan fingerprint density at radius 2 is 2.07 bits per heavy atom. The second-order valence-electron chi connectivity index (χ2n) is 4.44. The Bertz CT molecular complexity index is 219. The molecule has 0 radical (unpaired) electrons. The molecule has 0 unspecified atom stereocenters. The number of ether oxygens (including phenoxy) is 1. The van der Waals surface area contributed by atoms with E-state index in [1.54, 1.807) is 6.92 Å². The van der Waals surface area contributed by atoms with Crippen LogP contribution in [0.15, 0.2) is 0 Å². The zero-order valence-electron chi connectivity index (χ0n) is 9.45. The van der Waals surface area contributed by atoms with Gasteiger partial charge in [0.25, 0.3) is 0 Å². The van der Waals surface area contributed by atoms with Gasteiger partial charge in [-0.25, -0.2) is 0 Å². The average Bonchev–Trinajstić information content (AvgIpc) is 2.71. The second kappa shape index (κ2) is 4.94. The van der Waals surface area contributed by atoms with Gasteiger partial charge in [0.1, 0.15) is 0 Å². The molecule has 0 aromatic rings. The van der Waals surface area contributed by atoms with Crippen molar-refractivity contribution in [2.75, 3.05) is 39.3 Å². The summed E-state index contributed by atoms with van der Waals surface area (Å²) in [7, 11) is 0. The zero-order chi connectivity index (χ0) is 10.7. The van der Waals surface area contributed by atoms with Gasteiger partial charge in [-0.2, -0.15) is 0 Å². The molecule has 2 aliphatic heterocycles. The fourth-order valence-corrected chi connectivity index (χ4v) is 2.32. The van der Waals surface area contributed by atoms with Crippen molar-refractivity contribution in [3.05, 3.63) is 0 Å². The molecule has 1 atom stereocenters. The average molecular weight is 212 g/mol. The minimum absolute atomic E-state index is 0.201. The molecule has 0 N–H and O–H groups in total. The van der Waals surface area contributed by atoms with E-state index in [-0.39, 0.29) is 5.91 Å². The number of piperazine rings is 1. The molecule has 86 valence electrons.